The summed E-state index contributed by atoms with van der Waals surface area (Å²) in [5.41, 5.74) is 6.29. The third-order valence-corrected chi connectivity index (χ3v) is 6.32. The number of anilines is 1. The summed E-state index contributed by atoms with van der Waals surface area (Å²) in [6.45, 7) is 3.46. The summed E-state index contributed by atoms with van der Waals surface area (Å²) in [6, 6.07) is 15.7. The maximum Gasteiger partial charge on any atom is 0.260 e. The van der Waals surface area contributed by atoms with Crippen LogP contribution >= 0.6 is 23.2 Å². The van der Waals surface area contributed by atoms with Crippen LogP contribution < -0.4 is 9.73 Å². The minimum atomic E-state index is -3.70. The van der Waals surface area contributed by atoms with Crippen LogP contribution in [-0.4, -0.2) is 37.9 Å². The third-order valence-electron chi connectivity index (χ3n) is 4.71. The second-order valence-corrected chi connectivity index (χ2v) is 9.96. The van der Waals surface area contributed by atoms with Gasteiger partial charge in [0.1, 0.15) is 6.54 Å². The predicted molar refractivity (Wildman–Crippen MR) is 130 cm³/mol. The van der Waals surface area contributed by atoms with Gasteiger partial charge in [0.15, 0.2) is 0 Å². The molecule has 1 heterocycles. The van der Waals surface area contributed by atoms with E-state index in [-0.39, 0.29) is 0 Å². The minimum Gasteiger partial charge on any atom is -0.318 e. The zero-order valence-corrected chi connectivity index (χ0v) is 20.0. The van der Waals surface area contributed by atoms with Gasteiger partial charge in [-0.25, -0.2) is 13.8 Å². The van der Waals surface area contributed by atoms with E-state index in [0.29, 0.717) is 15.7 Å². The summed E-state index contributed by atoms with van der Waals surface area (Å²) in [5, 5.41) is 5.00. The van der Waals surface area contributed by atoms with Crippen LogP contribution in [0.4, 0.5) is 5.69 Å². The number of nitrogens with one attached hydrogen (secondary N) is 1. The van der Waals surface area contributed by atoms with Crippen molar-refractivity contribution in [3.8, 4) is 5.69 Å². The Labute approximate surface area is 197 Å². The Morgan fingerprint density at radius 3 is 2.38 bits per heavy atom. The quantitative estimate of drug-likeness (QED) is 0.393. The molecule has 1 amide bonds. The maximum absolute atomic E-state index is 12.4. The smallest absolute Gasteiger partial charge is 0.260 e. The van der Waals surface area contributed by atoms with E-state index < -0.39 is 22.5 Å². The lowest BCUT2D eigenvalue weighted by Gasteiger charge is -2.21. The second-order valence-electron chi connectivity index (χ2n) is 7.18. The van der Waals surface area contributed by atoms with Crippen molar-refractivity contribution in [2.24, 2.45) is 5.10 Å². The molecule has 1 N–H and O–H groups in total. The number of rotatable bonds is 7. The van der Waals surface area contributed by atoms with Crippen LogP contribution in [0, 0.1) is 13.8 Å². The van der Waals surface area contributed by atoms with Crippen LogP contribution in [0.25, 0.3) is 5.69 Å². The van der Waals surface area contributed by atoms with Crippen molar-refractivity contribution in [3.63, 3.8) is 0 Å². The molecule has 32 heavy (non-hydrogen) atoms. The molecule has 1 aromatic heterocycles. The SMILES string of the molecule is Cc1cc(/C=N\NC(=O)CN(c2cccc(Cl)c2)S(C)(=O)=O)c(C)n1-c1cccc(Cl)c1. The molecule has 0 aliphatic carbocycles. The van der Waals surface area contributed by atoms with Crippen molar-refractivity contribution in [1.29, 1.82) is 0 Å². The number of nitrogens with zero attached hydrogens (tertiary/aromatic N) is 3. The Morgan fingerprint density at radius 2 is 1.75 bits per heavy atom. The molecule has 10 heteroatoms. The molecule has 0 unspecified atom stereocenters. The molecule has 0 radical (unpaired) electrons. The Morgan fingerprint density at radius 1 is 1.09 bits per heavy atom. The molecule has 0 aliphatic rings. The molecular weight excluding hydrogens is 471 g/mol. The number of aryl methyl sites for hydroxylation is 1. The summed E-state index contributed by atoms with van der Waals surface area (Å²) in [6.07, 6.45) is 2.54. The number of benzene rings is 2. The third kappa shape index (κ3) is 5.70. The predicted octanol–water partition coefficient (Wildman–Crippen LogP) is 4.32. The van der Waals surface area contributed by atoms with Crippen LogP contribution in [0.15, 0.2) is 59.7 Å². The number of halogens is 2. The lowest BCUT2D eigenvalue weighted by Crippen LogP contribution is -2.39. The highest BCUT2D eigenvalue weighted by Gasteiger charge is 2.21. The summed E-state index contributed by atoms with van der Waals surface area (Å²) < 4.78 is 27.3. The van der Waals surface area contributed by atoms with E-state index in [0.717, 1.165) is 33.2 Å². The van der Waals surface area contributed by atoms with Gasteiger partial charge in [0.2, 0.25) is 10.0 Å². The van der Waals surface area contributed by atoms with Crippen molar-refractivity contribution in [3.05, 3.63) is 81.6 Å². The molecule has 7 nitrogen and oxygen atoms in total. The van der Waals surface area contributed by atoms with Crippen molar-refractivity contribution in [2.75, 3.05) is 17.1 Å². The fourth-order valence-electron chi connectivity index (χ4n) is 3.30. The van der Waals surface area contributed by atoms with E-state index in [1.807, 2.05) is 42.7 Å². The molecule has 0 bridgehead atoms. The molecule has 0 saturated heterocycles. The van der Waals surface area contributed by atoms with Crippen LogP contribution in [0.3, 0.4) is 0 Å². The average molecular weight is 493 g/mol. The normalized spacial score (nSPS) is 11.7. The zero-order chi connectivity index (χ0) is 23.5. The fraction of sp³-hybridized carbons (Fsp3) is 0.182. The molecule has 0 atom stereocenters. The molecule has 0 saturated carbocycles. The van der Waals surface area contributed by atoms with Crippen molar-refractivity contribution < 1.29 is 13.2 Å². The first-order chi connectivity index (χ1) is 15.1. The first kappa shape index (κ1) is 23.8. The van der Waals surface area contributed by atoms with Gasteiger partial charge < -0.3 is 4.57 Å². The van der Waals surface area contributed by atoms with Gasteiger partial charge in [0.05, 0.1) is 18.2 Å². The molecular formula is C22H22Cl2N4O3S. The van der Waals surface area contributed by atoms with Gasteiger partial charge in [-0.3, -0.25) is 9.10 Å². The summed E-state index contributed by atoms with van der Waals surface area (Å²) >= 11 is 12.1. The van der Waals surface area contributed by atoms with Crippen LogP contribution in [0.1, 0.15) is 17.0 Å². The van der Waals surface area contributed by atoms with Crippen molar-refractivity contribution in [1.82, 2.24) is 9.99 Å². The molecule has 0 spiro atoms. The first-order valence-corrected chi connectivity index (χ1v) is 12.2. The molecule has 3 rings (SSSR count). The van der Waals surface area contributed by atoms with E-state index in [1.165, 1.54) is 12.3 Å². The van der Waals surface area contributed by atoms with Crippen molar-refractivity contribution in [2.45, 2.75) is 13.8 Å². The van der Waals surface area contributed by atoms with E-state index in [2.05, 4.69) is 10.5 Å². The molecule has 0 aliphatic heterocycles. The highest BCUT2D eigenvalue weighted by molar-refractivity contribution is 7.92. The number of aromatic nitrogens is 1. The van der Waals surface area contributed by atoms with Crippen molar-refractivity contribution >= 4 is 51.0 Å². The number of carbonyl (C=O) groups is 1. The number of hydrogen-bond donors (Lipinski definition) is 1. The maximum atomic E-state index is 12.4. The average Bonchev–Trinajstić information content (AvgIpc) is 2.98. The van der Waals surface area contributed by atoms with Crippen LogP contribution in [0.5, 0.6) is 0 Å². The highest BCUT2D eigenvalue weighted by atomic mass is 35.5. The number of carbonyl (C=O) groups excluding carboxylic acids is 1. The van der Waals surface area contributed by atoms with E-state index in [4.69, 9.17) is 23.2 Å². The topological polar surface area (TPSA) is 83.8 Å². The monoisotopic (exact) mass is 492 g/mol. The van der Waals surface area contributed by atoms with Gasteiger partial charge >= 0.3 is 0 Å². The Balaban J connectivity index is 1.74. The largest absolute Gasteiger partial charge is 0.318 e. The lowest BCUT2D eigenvalue weighted by atomic mass is 10.2. The molecule has 168 valence electrons. The van der Waals surface area contributed by atoms with Gasteiger partial charge in [0.25, 0.3) is 5.91 Å². The number of amides is 1. The van der Waals surface area contributed by atoms with Crippen LogP contribution in [-0.2, 0) is 14.8 Å². The summed E-state index contributed by atoms with van der Waals surface area (Å²) in [7, 11) is -3.70. The molecule has 3 aromatic rings. The zero-order valence-electron chi connectivity index (χ0n) is 17.7. The van der Waals surface area contributed by atoms with E-state index >= 15 is 0 Å². The first-order valence-electron chi connectivity index (χ1n) is 9.56. The minimum absolute atomic E-state index is 0.296. The number of hydrazone groups is 1. The van der Waals surface area contributed by atoms with E-state index in [1.54, 1.807) is 24.3 Å². The number of sulfonamides is 1. The van der Waals surface area contributed by atoms with Gasteiger partial charge in [0, 0.05) is 32.7 Å². The molecule has 2 aromatic carbocycles. The van der Waals surface area contributed by atoms with Gasteiger partial charge in [-0.2, -0.15) is 5.10 Å². The second kappa shape index (κ2) is 9.77. The Kier molecular flexibility index (Phi) is 7.28. The van der Waals surface area contributed by atoms with E-state index in [9.17, 15) is 13.2 Å². The van der Waals surface area contributed by atoms with Crippen LogP contribution in [0.2, 0.25) is 10.0 Å². The Bertz CT molecular complexity index is 1290. The Hall–Kier alpha value is -2.81. The highest BCUT2D eigenvalue weighted by Crippen LogP contribution is 2.23. The summed E-state index contributed by atoms with van der Waals surface area (Å²) in [4.78, 5) is 12.4. The van der Waals surface area contributed by atoms with Gasteiger partial charge in [-0.05, 0) is 56.3 Å². The van der Waals surface area contributed by atoms with Gasteiger partial charge in [-0.15, -0.1) is 0 Å². The summed E-state index contributed by atoms with van der Waals surface area (Å²) in [5.74, 6) is -0.588. The fourth-order valence-corrected chi connectivity index (χ4v) is 4.52. The van der Waals surface area contributed by atoms with Gasteiger partial charge in [-0.1, -0.05) is 35.3 Å². The standard InChI is InChI=1S/C22H22Cl2N4O3S/c1-15-10-17(16(2)28(15)21-9-5-7-19(24)12-21)13-25-26-22(29)14-27(32(3,30)31)20-8-4-6-18(23)11-20/h4-13H,14H2,1-3H3,(H,26,29)/b25-13-. The lowest BCUT2D eigenvalue weighted by molar-refractivity contribution is -0.119. The molecule has 0 fully saturated rings. The number of hydrogen-bond acceptors (Lipinski definition) is 4.